The van der Waals surface area contributed by atoms with Crippen molar-refractivity contribution >= 4 is 5.97 Å². The van der Waals surface area contributed by atoms with Crippen LogP contribution in [0.3, 0.4) is 0 Å². The molecule has 25 heavy (non-hydrogen) atoms. The fraction of sp³-hybridized carbons (Fsp3) is 0.500. The van der Waals surface area contributed by atoms with Gasteiger partial charge in [0.05, 0.1) is 0 Å². The van der Waals surface area contributed by atoms with E-state index in [2.05, 4.69) is 55.5 Å². The van der Waals surface area contributed by atoms with Crippen molar-refractivity contribution in [2.45, 2.75) is 71.1 Å². The summed E-state index contributed by atoms with van der Waals surface area (Å²) in [4.78, 5) is 10.4. The van der Waals surface area contributed by atoms with Gasteiger partial charge in [-0.1, -0.05) is 62.0 Å². The van der Waals surface area contributed by atoms with E-state index in [9.17, 15) is 4.79 Å². The third-order valence-corrected chi connectivity index (χ3v) is 3.88. The lowest BCUT2D eigenvalue weighted by Gasteiger charge is -1.94. The van der Waals surface area contributed by atoms with Gasteiger partial charge in [-0.05, 0) is 38.5 Å². The number of carboxylic acids is 1. The Labute approximate surface area is 152 Å². The van der Waals surface area contributed by atoms with E-state index in [0.717, 1.165) is 69.3 Å². The summed E-state index contributed by atoms with van der Waals surface area (Å²) in [6.45, 7) is 2.11. The Morgan fingerprint density at radius 2 is 1.44 bits per heavy atom. The predicted octanol–water partition coefficient (Wildman–Crippen LogP) is 6.46. The SMILES string of the molecule is CCC1=C(C/C=C\C/C=C\C/C=C\C/C=C\CCCCCC(=O)O)O1. The Balaban J connectivity index is 1.89. The monoisotopic (exact) mass is 344 g/mol. The first-order valence-electron chi connectivity index (χ1n) is 9.45. The molecular weight excluding hydrogens is 312 g/mol. The first kappa shape index (κ1) is 21.0. The van der Waals surface area contributed by atoms with E-state index in [1.807, 2.05) is 0 Å². The molecule has 0 aromatic carbocycles. The summed E-state index contributed by atoms with van der Waals surface area (Å²) in [7, 11) is 0. The number of hydrogen-bond acceptors (Lipinski definition) is 2. The number of carboxylic acid groups (broad SMARTS) is 1. The Morgan fingerprint density at radius 1 is 0.840 bits per heavy atom. The summed E-state index contributed by atoms with van der Waals surface area (Å²) in [6.07, 6.45) is 26.5. The summed E-state index contributed by atoms with van der Waals surface area (Å²) >= 11 is 0. The fourth-order valence-electron chi connectivity index (χ4n) is 2.38. The van der Waals surface area contributed by atoms with E-state index in [1.54, 1.807) is 0 Å². The summed E-state index contributed by atoms with van der Waals surface area (Å²) in [5.74, 6) is 1.62. The molecule has 0 saturated carbocycles. The largest absolute Gasteiger partial charge is 0.481 e. The number of unbranched alkanes of at least 4 members (excludes halogenated alkanes) is 3. The molecule has 1 aliphatic rings. The topological polar surface area (TPSA) is 49.8 Å². The highest BCUT2D eigenvalue weighted by atomic mass is 16.6. The minimum absolute atomic E-state index is 0.294. The van der Waals surface area contributed by atoms with E-state index < -0.39 is 5.97 Å². The van der Waals surface area contributed by atoms with Crippen LogP contribution < -0.4 is 0 Å². The Kier molecular flexibility index (Phi) is 12.0. The van der Waals surface area contributed by atoms with Gasteiger partial charge in [-0.3, -0.25) is 4.79 Å². The second-order valence-electron chi connectivity index (χ2n) is 6.09. The van der Waals surface area contributed by atoms with Crippen LogP contribution in [0.1, 0.15) is 71.1 Å². The highest BCUT2D eigenvalue weighted by Crippen LogP contribution is 2.31. The molecule has 1 rings (SSSR count). The molecule has 1 aliphatic heterocycles. The molecule has 3 heteroatoms. The van der Waals surface area contributed by atoms with Crippen molar-refractivity contribution in [3.63, 3.8) is 0 Å². The maximum Gasteiger partial charge on any atom is 0.303 e. The second kappa shape index (κ2) is 14.3. The number of carbonyl (C=O) groups is 1. The molecule has 0 radical (unpaired) electrons. The van der Waals surface area contributed by atoms with Crippen LogP contribution in [0.15, 0.2) is 60.1 Å². The molecular formula is C22H32O3. The fourth-order valence-corrected chi connectivity index (χ4v) is 2.38. The lowest BCUT2D eigenvalue weighted by atomic mass is 10.1. The molecule has 1 N–H and O–H groups in total. The van der Waals surface area contributed by atoms with E-state index in [-0.39, 0.29) is 0 Å². The zero-order valence-corrected chi connectivity index (χ0v) is 15.5. The Morgan fingerprint density at radius 3 is 2.00 bits per heavy atom. The van der Waals surface area contributed by atoms with Crippen LogP contribution in [0.4, 0.5) is 0 Å². The average Bonchev–Trinajstić information content (AvgIpc) is 3.36. The zero-order valence-electron chi connectivity index (χ0n) is 15.5. The van der Waals surface area contributed by atoms with Gasteiger partial charge in [0.25, 0.3) is 0 Å². The van der Waals surface area contributed by atoms with Crippen LogP contribution in [-0.2, 0) is 9.53 Å². The maximum atomic E-state index is 10.4. The maximum absolute atomic E-state index is 10.4. The van der Waals surface area contributed by atoms with Crippen LogP contribution in [-0.4, -0.2) is 11.1 Å². The van der Waals surface area contributed by atoms with Gasteiger partial charge in [-0.2, -0.15) is 0 Å². The molecule has 0 aromatic heterocycles. The van der Waals surface area contributed by atoms with Gasteiger partial charge >= 0.3 is 5.97 Å². The van der Waals surface area contributed by atoms with Crippen molar-refractivity contribution in [1.29, 1.82) is 0 Å². The highest BCUT2D eigenvalue weighted by molar-refractivity contribution is 5.66. The normalized spacial score (nSPS) is 14.4. The van der Waals surface area contributed by atoms with E-state index >= 15 is 0 Å². The van der Waals surface area contributed by atoms with Crippen molar-refractivity contribution in [3.8, 4) is 0 Å². The molecule has 0 aliphatic carbocycles. The van der Waals surface area contributed by atoms with Crippen LogP contribution in [0.25, 0.3) is 0 Å². The third kappa shape index (κ3) is 13.0. The Hall–Kier alpha value is -2.03. The van der Waals surface area contributed by atoms with Crippen molar-refractivity contribution in [1.82, 2.24) is 0 Å². The minimum atomic E-state index is -0.693. The Bertz CT molecular complexity index is 521. The van der Waals surface area contributed by atoms with Gasteiger partial charge in [-0.15, -0.1) is 0 Å². The smallest absolute Gasteiger partial charge is 0.303 e. The van der Waals surface area contributed by atoms with E-state index in [0.29, 0.717) is 6.42 Å². The van der Waals surface area contributed by atoms with Crippen LogP contribution in [0.2, 0.25) is 0 Å². The lowest BCUT2D eigenvalue weighted by Crippen LogP contribution is -1.93. The standard InChI is InChI=1S/C22H32O3/c1-2-20-21(25-20)18-16-14-12-10-8-6-4-3-5-7-9-11-13-15-17-19-22(23)24/h3-4,7-10,14,16H,2,5-6,11-13,15,17-19H2,1H3,(H,23,24)/b4-3-,9-7-,10-8-,16-14-. The molecule has 0 amide bonds. The number of rotatable bonds is 15. The first-order valence-corrected chi connectivity index (χ1v) is 9.45. The van der Waals surface area contributed by atoms with E-state index in [1.165, 1.54) is 0 Å². The van der Waals surface area contributed by atoms with Crippen LogP contribution in [0, 0.1) is 0 Å². The van der Waals surface area contributed by atoms with Crippen LogP contribution in [0.5, 0.6) is 0 Å². The van der Waals surface area contributed by atoms with Crippen molar-refractivity contribution < 1.29 is 14.6 Å². The lowest BCUT2D eigenvalue weighted by molar-refractivity contribution is -0.137. The van der Waals surface area contributed by atoms with Gasteiger partial charge in [0, 0.05) is 19.3 Å². The molecule has 0 fully saturated rings. The molecule has 0 saturated heterocycles. The first-order chi connectivity index (χ1) is 12.2. The van der Waals surface area contributed by atoms with Gasteiger partial charge in [0.15, 0.2) is 0 Å². The van der Waals surface area contributed by atoms with Gasteiger partial charge in [0.2, 0.25) is 0 Å². The van der Waals surface area contributed by atoms with E-state index in [4.69, 9.17) is 9.84 Å². The number of ether oxygens (including phenoxy) is 1. The molecule has 0 spiro atoms. The number of allylic oxidation sites excluding steroid dienone is 9. The summed E-state index contributed by atoms with van der Waals surface area (Å²) in [5.41, 5.74) is 0. The minimum Gasteiger partial charge on any atom is -0.481 e. The molecule has 0 unspecified atom stereocenters. The molecule has 0 aromatic rings. The van der Waals surface area contributed by atoms with Crippen LogP contribution >= 0.6 is 0 Å². The van der Waals surface area contributed by atoms with Gasteiger partial charge in [-0.25, -0.2) is 0 Å². The quantitative estimate of drug-likeness (QED) is 0.274. The molecule has 1 heterocycles. The zero-order chi connectivity index (χ0) is 18.2. The van der Waals surface area contributed by atoms with Crippen molar-refractivity contribution in [2.75, 3.05) is 0 Å². The predicted molar refractivity (Wildman–Crippen MR) is 104 cm³/mol. The number of hydrogen-bond donors (Lipinski definition) is 1. The average molecular weight is 344 g/mol. The van der Waals surface area contributed by atoms with Crippen molar-refractivity contribution in [2.24, 2.45) is 0 Å². The molecule has 3 nitrogen and oxygen atoms in total. The summed E-state index contributed by atoms with van der Waals surface area (Å²) < 4.78 is 5.33. The van der Waals surface area contributed by atoms with Gasteiger partial charge in [0.1, 0.15) is 11.5 Å². The number of aliphatic carboxylic acids is 1. The summed E-state index contributed by atoms with van der Waals surface area (Å²) in [5, 5.41) is 8.53. The third-order valence-electron chi connectivity index (χ3n) is 3.88. The van der Waals surface area contributed by atoms with Crippen molar-refractivity contribution in [3.05, 3.63) is 60.1 Å². The molecule has 0 atom stereocenters. The molecule has 0 bridgehead atoms. The second-order valence-corrected chi connectivity index (χ2v) is 6.09. The summed E-state index contributed by atoms with van der Waals surface area (Å²) in [6, 6.07) is 0. The highest BCUT2D eigenvalue weighted by Gasteiger charge is 2.20. The van der Waals surface area contributed by atoms with Gasteiger partial charge < -0.3 is 9.84 Å². The molecule has 138 valence electrons.